The molecular formula is C16H24N2O2. The van der Waals surface area contributed by atoms with Crippen LogP contribution in [-0.2, 0) is 0 Å². The van der Waals surface area contributed by atoms with Crippen LogP contribution in [-0.4, -0.2) is 30.1 Å². The first-order valence-electron chi connectivity index (χ1n) is 7.13. The highest BCUT2D eigenvalue weighted by Gasteiger charge is 2.30. The van der Waals surface area contributed by atoms with Gasteiger partial charge in [0.2, 0.25) is 0 Å². The molecule has 1 aliphatic rings. The molecule has 110 valence electrons. The number of aryl methyl sites for hydroxylation is 1. The van der Waals surface area contributed by atoms with Gasteiger partial charge in [-0.2, -0.15) is 0 Å². The van der Waals surface area contributed by atoms with Crippen LogP contribution in [0.25, 0.3) is 6.08 Å². The Morgan fingerprint density at radius 2 is 2.20 bits per heavy atom. The molecule has 0 atom stereocenters. The van der Waals surface area contributed by atoms with Crippen LogP contribution in [0.4, 0.5) is 0 Å². The van der Waals surface area contributed by atoms with Crippen LogP contribution in [0, 0.1) is 12.8 Å². The van der Waals surface area contributed by atoms with Crippen molar-refractivity contribution in [2.75, 3.05) is 13.7 Å². The van der Waals surface area contributed by atoms with Gasteiger partial charge in [0, 0.05) is 13.1 Å². The zero-order valence-corrected chi connectivity index (χ0v) is 12.5. The second kappa shape index (κ2) is 6.88. The van der Waals surface area contributed by atoms with E-state index >= 15 is 0 Å². The molecule has 0 unspecified atom stereocenters. The van der Waals surface area contributed by atoms with Gasteiger partial charge in [-0.25, -0.2) is 5.43 Å². The second-order valence-corrected chi connectivity index (χ2v) is 5.52. The standard InChI is InChI=1S/C16H24N2O2/c1-4-5-14-10-16(7-6-12(14)2)20-11-13-8-15(9-13)17-18(3)19/h4-7,10,13,15,17,19H,8-9,11H2,1-3H3/b5-4-. The van der Waals surface area contributed by atoms with E-state index in [4.69, 9.17) is 9.94 Å². The third-order valence-electron chi connectivity index (χ3n) is 3.69. The highest BCUT2D eigenvalue weighted by molar-refractivity contribution is 5.55. The van der Waals surface area contributed by atoms with E-state index < -0.39 is 0 Å². The predicted octanol–water partition coefficient (Wildman–Crippen LogP) is 3.01. The van der Waals surface area contributed by atoms with E-state index in [9.17, 15) is 0 Å². The smallest absolute Gasteiger partial charge is 0.119 e. The molecule has 0 spiro atoms. The first kappa shape index (κ1) is 15.0. The average molecular weight is 276 g/mol. The average Bonchev–Trinajstić information content (AvgIpc) is 2.35. The molecule has 1 aromatic rings. The van der Waals surface area contributed by atoms with Crippen molar-refractivity contribution in [3.63, 3.8) is 0 Å². The second-order valence-electron chi connectivity index (χ2n) is 5.52. The van der Waals surface area contributed by atoms with Crippen LogP contribution in [0.3, 0.4) is 0 Å². The molecule has 2 N–H and O–H groups in total. The van der Waals surface area contributed by atoms with Gasteiger partial charge in [-0.15, -0.1) is 5.17 Å². The van der Waals surface area contributed by atoms with Gasteiger partial charge in [-0.3, -0.25) is 5.21 Å². The fraction of sp³-hybridized carbons (Fsp3) is 0.500. The number of ether oxygens (including phenoxy) is 1. The number of rotatable bonds is 6. The summed E-state index contributed by atoms with van der Waals surface area (Å²) in [5, 5.41) is 10.1. The van der Waals surface area contributed by atoms with Crippen molar-refractivity contribution in [1.29, 1.82) is 0 Å². The van der Waals surface area contributed by atoms with Gasteiger partial charge >= 0.3 is 0 Å². The number of nitrogens with zero attached hydrogens (tertiary/aromatic N) is 1. The van der Waals surface area contributed by atoms with Crippen LogP contribution in [0.2, 0.25) is 0 Å². The molecule has 20 heavy (non-hydrogen) atoms. The van der Waals surface area contributed by atoms with Gasteiger partial charge in [0.25, 0.3) is 0 Å². The van der Waals surface area contributed by atoms with Crippen LogP contribution >= 0.6 is 0 Å². The van der Waals surface area contributed by atoms with Gasteiger partial charge in [0.1, 0.15) is 5.75 Å². The SMILES string of the molecule is C/C=C\c1cc(OCC2CC(NN(C)O)C2)ccc1C. The summed E-state index contributed by atoms with van der Waals surface area (Å²) in [6.07, 6.45) is 6.22. The summed E-state index contributed by atoms with van der Waals surface area (Å²) in [5.41, 5.74) is 5.43. The van der Waals surface area contributed by atoms with Crippen molar-refractivity contribution in [2.45, 2.75) is 32.7 Å². The highest BCUT2D eigenvalue weighted by Crippen LogP contribution is 2.28. The van der Waals surface area contributed by atoms with Gasteiger partial charge < -0.3 is 4.74 Å². The van der Waals surface area contributed by atoms with Gasteiger partial charge in [0.05, 0.1) is 6.61 Å². The van der Waals surface area contributed by atoms with Crippen LogP contribution in [0.5, 0.6) is 5.75 Å². The fourth-order valence-corrected chi connectivity index (χ4v) is 2.52. The van der Waals surface area contributed by atoms with Gasteiger partial charge in [-0.1, -0.05) is 18.2 Å². The van der Waals surface area contributed by atoms with Gasteiger partial charge in [-0.05, 0) is 55.9 Å². The van der Waals surface area contributed by atoms with E-state index in [1.54, 1.807) is 7.05 Å². The minimum absolute atomic E-state index is 0.371. The zero-order valence-electron chi connectivity index (χ0n) is 12.5. The Bertz CT molecular complexity index is 466. The van der Waals surface area contributed by atoms with E-state index in [0.29, 0.717) is 12.0 Å². The van der Waals surface area contributed by atoms with E-state index in [1.165, 1.54) is 11.1 Å². The zero-order chi connectivity index (χ0) is 14.5. The monoisotopic (exact) mass is 276 g/mol. The molecule has 2 rings (SSSR count). The van der Waals surface area contributed by atoms with Crippen molar-refractivity contribution in [3.05, 3.63) is 35.4 Å². The molecule has 0 aromatic heterocycles. The number of hydrogen-bond acceptors (Lipinski definition) is 4. The summed E-state index contributed by atoms with van der Waals surface area (Å²) in [7, 11) is 1.60. The van der Waals surface area contributed by atoms with Gasteiger partial charge in [0.15, 0.2) is 0 Å². The Balaban J connectivity index is 1.79. The number of benzene rings is 1. The summed E-state index contributed by atoms with van der Waals surface area (Å²) in [4.78, 5) is 0. The Kier molecular flexibility index (Phi) is 5.17. The molecule has 1 fully saturated rings. The minimum atomic E-state index is 0.371. The third kappa shape index (κ3) is 4.07. The Labute approximate surface area is 121 Å². The van der Waals surface area contributed by atoms with Crippen LogP contribution in [0.1, 0.15) is 30.9 Å². The maximum absolute atomic E-state index is 9.07. The molecule has 0 saturated heterocycles. The lowest BCUT2D eigenvalue weighted by Gasteiger charge is -2.36. The lowest BCUT2D eigenvalue weighted by molar-refractivity contribution is -0.134. The first-order chi connectivity index (χ1) is 9.58. The van der Waals surface area contributed by atoms with Crippen LogP contribution in [0.15, 0.2) is 24.3 Å². The van der Waals surface area contributed by atoms with E-state index in [0.717, 1.165) is 30.4 Å². The third-order valence-corrected chi connectivity index (χ3v) is 3.69. The van der Waals surface area contributed by atoms with E-state index in [2.05, 4.69) is 30.6 Å². The number of hydrazine groups is 1. The van der Waals surface area contributed by atoms with Crippen molar-refractivity contribution in [2.24, 2.45) is 5.92 Å². The largest absolute Gasteiger partial charge is 0.493 e. The van der Waals surface area contributed by atoms with Crippen molar-refractivity contribution in [1.82, 2.24) is 10.6 Å². The molecule has 1 aliphatic carbocycles. The molecule has 0 radical (unpaired) electrons. The Morgan fingerprint density at radius 1 is 1.45 bits per heavy atom. The van der Waals surface area contributed by atoms with Crippen molar-refractivity contribution < 1.29 is 9.94 Å². The molecule has 4 heteroatoms. The summed E-state index contributed by atoms with van der Waals surface area (Å²) < 4.78 is 5.87. The maximum atomic E-state index is 9.07. The molecule has 0 bridgehead atoms. The normalized spacial score (nSPS) is 22.2. The number of hydrogen-bond donors (Lipinski definition) is 2. The molecule has 1 aromatic carbocycles. The van der Waals surface area contributed by atoms with Crippen molar-refractivity contribution >= 4 is 6.08 Å². The lowest BCUT2D eigenvalue weighted by atomic mass is 9.81. The number of allylic oxidation sites excluding steroid dienone is 1. The molecular weight excluding hydrogens is 252 g/mol. The summed E-state index contributed by atoms with van der Waals surface area (Å²) >= 11 is 0. The molecule has 4 nitrogen and oxygen atoms in total. The predicted molar refractivity (Wildman–Crippen MR) is 80.6 cm³/mol. The summed E-state index contributed by atoms with van der Waals surface area (Å²) in [6.45, 7) is 4.87. The molecule has 0 heterocycles. The molecule has 1 saturated carbocycles. The molecule has 0 aliphatic heterocycles. The summed E-state index contributed by atoms with van der Waals surface area (Å²) in [5.74, 6) is 1.50. The number of nitrogens with one attached hydrogen (secondary N) is 1. The number of hydroxylamine groups is 1. The topological polar surface area (TPSA) is 44.7 Å². The van der Waals surface area contributed by atoms with E-state index in [1.807, 2.05) is 19.1 Å². The highest BCUT2D eigenvalue weighted by atomic mass is 16.5. The maximum Gasteiger partial charge on any atom is 0.119 e. The summed E-state index contributed by atoms with van der Waals surface area (Å²) in [6, 6.07) is 6.58. The fourth-order valence-electron chi connectivity index (χ4n) is 2.52. The Hall–Kier alpha value is -1.36. The van der Waals surface area contributed by atoms with E-state index in [-0.39, 0.29) is 0 Å². The van der Waals surface area contributed by atoms with Crippen LogP contribution < -0.4 is 10.2 Å². The Morgan fingerprint density at radius 3 is 2.85 bits per heavy atom. The van der Waals surface area contributed by atoms with Crippen molar-refractivity contribution in [3.8, 4) is 5.75 Å². The molecule has 0 amide bonds. The quantitative estimate of drug-likeness (QED) is 0.784. The minimum Gasteiger partial charge on any atom is -0.493 e. The lowest BCUT2D eigenvalue weighted by Crippen LogP contribution is -2.48. The first-order valence-corrected chi connectivity index (χ1v) is 7.13.